The van der Waals surface area contributed by atoms with Crippen LogP contribution in [0.1, 0.15) is 15.9 Å². The van der Waals surface area contributed by atoms with Gasteiger partial charge >= 0.3 is 0 Å². The number of hydrogen-bond donors (Lipinski definition) is 1. The van der Waals surface area contributed by atoms with Gasteiger partial charge in [-0.2, -0.15) is 5.26 Å². The van der Waals surface area contributed by atoms with Gasteiger partial charge in [0.05, 0.1) is 17.1 Å². The van der Waals surface area contributed by atoms with Crippen molar-refractivity contribution in [1.82, 2.24) is 4.98 Å². The Balaban J connectivity index is 1.87. The molecule has 21 heavy (non-hydrogen) atoms. The van der Waals surface area contributed by atoms with Crippen LogP contribution < -0.4 is 5.32 Å². The Kier molecular flexibility index (Phi) is 3.32. The zero-order chi connectivity index (χ0) is 14.7. The van der Waals surface area contributed by atoms with Crippen LogP contribution in [-0.4, -0.2) is 10.9 Å². The summed E-state index contributed by atoms with van der Waals surface area (Å²) in [6.45, 7) is 0. The molecule has 1 aromatic heterocycles. The second kappa shape index (κ2) is 5.43. The monoisotopic (exact) mass is 273 g/mol. The molecule has 2 aromatic carbocycles. The topological polar surface area (TPSA) is 65.8 Å². The lowest BCUT2D eigenvalue weighted by Crippen LogP contribution is -2.11. The molecule has 4 nitrogen and oxygen atoms in total. The maximum absolute atomic E-state index is 12.2. The third-order valence-electron chi connectivity index (χ3n) is 3.11. The van der Waals surface area contributed by atoms with Crippen molar-refractivity contribution in [2.75, 3.05) is 5.32 Å². The number of anilines is 1. The first kappa shape index (κ1) is 12.8. The molecule has 4 heteroatoms. The minimum absolute atomic E-state index is 0.240. The highest BCUT2D eigenvalue weighted by Gasteiger charge is 2.07. The summed E-state index contributed by atoms with van der Waals surface area (Å²) in [5.74, 6) is -0.240. The van der Waals surface area contributed by atoms with Crippen LogP contribution in [0.15, 0.2) is 60.8 Å². The van der Waals surface area contributed by atoms with Crippen molar-refractivity contribution >= 4 is 22.5 Å². The molecule has 0 saturated heterocycles. The van der Waals surface area contributed by atoms with E-state index >= 15 is 0 Å². The first-order valence-corrected chi connectivity index (χ1v) is 6.42. The maximum atomic E-state index is 12.2. The van der Waals surface area contributed by atoms with Crippen molar-refractivity contribution in [3.63, 3.8) is 0 Å². The van der Waals surface area contributed by atoms with Crippen LogP contribution in [0.25, 0.3) is 10.9 Å². The largest absolute Gasteiger partial charge is 0.322 e. The Morgan fingerprint density at radius 3 is 2.86 bits per heavy atom. The molecule has 0 spiro atoms. The highest BCUT2D eigenvalue weighted by molar-refractivity contribution is 6.05. The van der Waals surface area contributed by atoms with Crippen LogP contribution in [0.2, 0.25) is 0 Å². The van der Waals surface area contributed by atoms with Gasteiger partial charge in [-0.15, -0.1) is 0 Å². The molecule has 1 heterocycles. The smallest absolute Gasteiger partial charge is 0.255 e. The number of nitriles is 1. The zero-order valence-corrected chi connectivity index (χ0v) is 11.1. The van der Waals surface area contributed by atoms with Crippen LogP contribution in [-0.2, 0) is 0 Å². The normalized spacial score (nSPS) is 10.0. The number of benzene rings is 2. The summed E-state index contributed by atoms with van der Waals surface area (Å²) < 4.78 is 0. The minimum Gasteiger partial charge on any atom is -0.322 e. The molecule has 1 amide bonds. The highest BCUT2D eigenvalue weighted by Crippen LogP contribution is 2.18. The Morgan fingerprint density at radius 2 is 2.00 bits per heavy atom. The van der Waals surface area contributed by atoms with Crippen molar-refractivity contribution in [3.05, 3.63) is 71.9 Å². The molecule has 0 bridgehead atoms. The molecule has 0 atom stereocenters. The van der Waals surface area contributed by atoms with Crippen LogP contribution >= 0.6 is 0 Å². The summed E-state index contributed by atoms with van der Waals surface area (Å²) >= 11 is 0. The Bertz CT molecular complexity index is 865. The first-order valence-electron chi connectivity index (χ1n) is 6.42. The maximum Gasteiger partial charge on any atom is 0.255 e. The van der Waals surface area contributed by atoms with Gasteiger partial charge in [0.2, 0.25) is 0 Å². The van der Waals surface area contributed by atoms with Gasteiger partial charge in [-0.05, 0) is 42.5 Å². The molecular formula is C17H11N3O. The van der Waals surface area contributed by atoms with E-state index in [1.165, 1.54) is 0 Å². The van der Waals surface area contributed by atoms with Gasteiger partial charge in [0.15, 0.2) is 0 Å². The van der Waals surface area contributed by atoms with E-state index in [4.69, 9.17) is 5.26 Å². The number of fused-ring (bicyclic) bond motifs is 1. The van der Waals surface area contributed by atoms with Gasteiger partial charge < -0.3 is 5.32 Å². The van der Waals surface area contributed by atoms with Crippen LogP contribution in [0.4, 0.5) is 5.69 Å². The predicted octanol–water partition coefficient (Wildman–Crippen LogP) is 3.36. The fourth-order valence-corrected chi connectivity index (χ4v) is 2.09. The predicted molar refractivity (Wildman–Crippen MR) is 80.9 cm³/mol. The van der Waals surface area contributed by atoms with E-state index in [-0.39, 0.29) is 5.91 Å². The SMILES string of the molecule is N#Cc1cccc(C(=O)Nc2ccc3ncccc3c2)c1. The van der Waals surface area contributed by atoms with Gasteiger partial charge in [0.1, 0.15) is 0 Å². The number of carbonyl (C=O) groups is 1. The number of amides is 1. The zero-order valence-electron chi connectivity index (χ0n) is 11.1. The van der Waals surface area contributed by atoms with E-state index in [1.807, 2.05) is 30.3 Å². The summed E-state index contributed by atoms with van der Waals surface area (Å²) in [5, 5.41) is 12.6. The fourth-order valence-electron chi connectivity index (χ4n) is 2.09. The van der Waals surface area contributed by atoms with E-state index in [2.05, 4.69) is 10.3 Å². The van der Waals surface area contributed by atoms with Crippen molar-refractivity contribution in [1.29, 1.82) is 5.26 Å². The van der Waals surface area contributed by atoms with Gasteiger partial charge in [0, 0.05) is 22.8 Å². The molecule has 0 aliphatic carbocycles. The standard InChI is InChI=1S/C17H11N3O/c18-11-12-3-1-4-14(9-12)17(21)20-15-6-7-16-13(10-15)5-2-8-19-16/h1-10H,(H,20,21). The third kappa shape index (κ3) is 2.72. The van der Waals surface area contributed by atoms with Gasteiger partial charge in [-0.25, -0.2) is 0 Å². The van der Waals surface area contributed by atoms with Crippen molar-refractivity contribution in [2.45, 2.75) is 0 Å². The lowest BCUT2D eigenvalue weighted by molar-refractivity contribution is 0.102. The number of nitrogens with one attached hydrogen (secondary N) is 1. The molecule has 0 aliphatic heterocycles. The number of pyridine rings is 1. The average Bonchev–Trinajstić information content (AvgIpc) is 2.54. The minimum atomic E-state index is -0.240. The Morgan fingerprint density at radius 1 is 1.10 bits per heavy atom. The van der Waals surface area contributed by atoms with Crippen LogP contribution in [0.5, 0.6) is 0 Å². The number of carbonyl (C=O) groups excluding carboxylic acids is 1. The molecule has 3 rings (SSSR count). The highest BCUT2D eigenvalue weighted by atomic mass is 16.1. The van der Waals surface area contributed by atoms with Crippen molar-refractivity contribution in [2.24, 2.45) is 0 Å². The van der Waals surface area contributed by atoms with E-state index in [0.717, 1.165) is 10.9 Å². The molecule has 0 unspecified atom stereocenters. The number of hydrogen-bond acceptors (Lipinski definition) is 3. The lowest BCUT2D eigenvalue weighted by atomic mass is 10.1. The summed E-state index contributed by atoms with van der Waals surface area (Å²) in [4.78, 5) is 16.4. The van der Waals surface area contributed by atoms with Crippen LogP contribution in [0.3, 0.4) is 0 Å². The molecule has 100 valence electrons. The Hall–Kier alpha value is -3.19. The van der Waals surface area contributed by atoms with Gasteiger partial charge in [-0.1, -0.05) is 12.1 Å². The van der Waals surface area contributed by atoms with E-state index in [9.17, 15) is 4.79 Å². The molecule has 1 N–H and O–H groups in total. The fraction of sp³-hybridized carbons (Fsp3) is 0. The van der Waals surface area contributed by atoms with Crippen LogP contribution in [0, 0.1) is 11.3 Å². The molecule has 3 aromatic rings. The van der Waals surface area contributed by atoms with Gasteiger partial charge in [0.25, 0.3) is 5.91 Å². The first-order chi connectivity index (χ1) is 10.3. The number of rotatable bonds is 2. The quantitative estimate of drug-likeness (QED) is 0.778. The Labute approximate surface area is 121 Å². The molecular weight excluding hydrogens is 262 g/mol. The summed E-state index contributed by atoms with van der Waals surface area (Å²) in [6, 6.07) is 18.0. The van der Waals surface area contributed by atoms with Crippen molar-refractivity contribution < 1.29 is 4.79 Å². The second-order valence-corrected chi connectivity index (χ2v) is 4.56. The average molecular weight is 273 g/mol. The van der Waals surface area contributed by atoms with E-state index in [1.54, 1.807) is 36.5 Å². The lowest BCUT2D eigenvalue weighted by Gasteiger charge is -2.06. The third-order valence-corrected chi connectivity index (χ3v) is 3.11. The number of aromatic nitrogens is 1. The van der Waals surface area contributed by atoms with Gasteiger partial charge in [-0.3, -0.25) is 9.78 Å². The summed E-state index contributed by atoms with van der Waals surface area (Å²) in [7, 11) is 0. The molecule has 0 aliphatic rings. The molecule has 0 saturated carbocycles. The van der Waals surface area contributed by atoms with E-state index in [0.29, 0.717) is 16.8 Å². The second-order valence-electron chi connectivity index (χ2n) is 4.56. The van der Waals surface area contributed by atoms with E-state index < -0.39 is 0 Å². The summed E-state index contributed by atoms with van der Waals surface area (Å²) in [6.07, 6.45) is 1.73. The van der Waals surface area contributed by atoms with Crippen molar-refractivity contribution in [3.8, 4) is 6.07 Å². The molecule has 0 radical (unpaired) electrons. The number of nitrogens with zero attached hydrogens (tertiary/aromatic N) is 2. The molecule has 0 fully saturated rings. The summed E-state index contributed by atoms with van der Waals surface area (Å²) in [5.41, 5.74) is 2.50.